The topological polar surface area (TPSA) is 99.3 Å². The Morgan fingerprint density at radius 1 is 1.32 bits per heavy atom. The van der Waals surface area contributed by atoms with Gasteiger partial charge in [0.15, 0.2) is 0 Å². The molecular formula is C11H17N3O4S. The molecule has 0 saturated carbocycles. The number of nitrogens with one attached hydrogen (secondary N) is 2. The number of carbonyl (C=O) groups is 1. The van der Waals surface area contributed by atoms with Crippen LogP contribution in [0.3, 0.4) is 0 Å². The van der Waals surface area contributed by atoms with Crippen LogP contribution in [0.25, 0.3) is 0 Å². The number of H-pyrrole nitrogens is 1. The molecular weight excluding hydrogens is 270 g/mol. The normalized spacial score (nSPS) is 11.3. The van der Waals surface area contributed by atoms with E-state index in [0.29, 0.717) is 13.1 Å². The third-order valence-corrected chi connectivity index (χ3v) is 3.99. The molecule has 0 bridgehead atoms. The summed E-state index contributed by atoms with van der Waals surface area (Å²) < 4.78 is 25.9. The zero-order valence-corrected chi connectivity index (χ0v) is 11.7. The van der Waals surface area contributed by atoms with Crippen molar-refractivity contribution in [2.24, 2.45) is 0 Å². The Morgan fingerprint density at radius 3 is 2.42 bits per heavy atom. The molecule has 1 heterocycles. The van der Waals surface area contributed by atoms with Gasteiger partial charge in [-0.1, -0.05) is 0 Å². The van der Waals surface area contributed by atoms with Crippen molar-refractivity contribution in [1.82, 2.24) is 14.6 Å². The molecule has 8 heteroatoms. The predicted molar refractivity (Wildman–Crippen MR) is 70.2 cm³/mol. The fourth-order valence-corrected chi connectivity index (χ4v) is 2.43. The summed E-state index contributed by atoms with van der Waals surface area (Å²) in [5.41, 5.74) is -0.391. The van der Waals surface area contributed by atoms with Gasteiger partial charge < -0.3 is 9.88 Å². The van der Waals surface area contributed by atoms with Crippen molar-refractivity contribution in [3.63, 3.8) is 0 Å². The third kappa shape index (κ3) is 4.18. The average molecular weight is 287 g/mol. The summed E-state index contributed by atoms with van der Waals surface area (Å²) in [7, 11) is -3.79. The summed E-state index contributed by atoms with van der Waals surface area (Å²) in [6.07, 6.45) is 1.09. The summed E-state index contributed by atoms with van der Waals surface area (Å²) in [4.78, 5) is 26.2. The first-order valence-corrected chi connectivity index (χ1v) is 7.35. The smallest absolute Gasteiger partial charge is 0.247 e. The van der Waals surface area contributed by atoms with Gasteiger partial charge in [0.25, 0.3) is 0 Å². The molecule has 0 radical (unpaired) electrons. The number of likely N-dealkylation sites (N-methyl/N-ethyl adjacent to an activating group) is 1. The van der Waals surface area contributed by atoms with E-state index in [1.54, 1.807) is 0 Å². The van der Waals surface area contributed by atoms with E-state index in [0.717, 1.165) is 12.3 Å². The van der Waals surface area contributed by atoms with Crippen LogP contribution in [-0.4, -0.2) is 43.8 Å². The van der Waals surface area contributed by atoms with Crippen molar-refractivity contribution >= 4 is 15.9 Å². The highest BCUT2D eigenvalue weighted by molar-refractivity contribution is 7.89. The van der Waals surface area contributed by atoms with E-state index in [1.165, 1.54) is 11.0 Å². The number of hydrogen-bond donors (Lipinski definition) is 2. The number of hydrogen-bond acceptors (Lipinski definition) is 4. The molecule has 0 aliphatic rings. The largest absolute Gasteiger partial charge is 0.342 e. The van der Waals surface area contributed by atoms with Gasteiger partial charge in [-0.3, -0.25) is 9.59 Å². The zero-order chi connectivity index (χ0) is 14.5. The van der Waals surface area contributed by atoms with Crippen LogP contribution in [0.5, 0.6) is 0 Å². The monoisotopic (exact) mass is 287 g/mol. The molecule has 7 nitrogen and oxygen atoms in total. The van der Waals surface area contributed by atoms with Gasteiger partial charge in [0.2, 0.25) is 21.5 Å². The first-order chi connectivity index (χ1) is 8.90. The van der Waals surface area contributed by atoms with Crippen molar-refractivity contribution < 1.29 is 13.2 Å². The van der Waals surface area contributed by atoms with Crippen molar-refractivity contribution in [3.05, 3.63) is 28.7 Å². The number of carbonyl (C=O) groups excluding carboxylic acids is 1. The van der Waals surface area contributed by atoms with E-state index >= 15 is 0 Å². The van der Waals surface area contributed by atoms with E-state index in [-0.39, 0.29) is 17.3 Å². The second-order valence-electron chi connectivity index (χ2n) is 3.78. The summed E-state index contributed by atoms with van der Waals surface area (Å²) in [5, 5.41) is 0. The van der Waals surface area contributed by atoms with Crippen LogP contribution in [0.4, 0.5) is 0 Å². The average Bonchev–Trinajstić information content (AvgIpc) is 2.38. The van der Waals surface area contributed by atoms with Crippen LogP contribution in [0.15, 0.2) is 28.0 Å². The third-order valence-electron chi connectivity index (χ3n) is 2.60. The van der Waals surface area contributed by atoms with E-state index in [1.807, 2.05) is 13.8 Å². The van der Waals surface area contributed by atoms with Crippen LogP contribution >= 0.6 is 0 Å². The Bertz CT molecular complexity index is 570. The number of aromatic amines is 1. The van der Waals surface area contributed by atoms with Crippen LogP contribution in [-0.2, 0) is 14.8 Å². The Kier molecular flexibility index (Phi) is 5.25. The summed E-state index contributed by atoms with van der Waals surface area (Å²) in [6.45, 7) is 4.38. The molecule has 0 spiro atoms. The summed E-state index contributed by atoms with van der Waals surface area (Å²) in [6, 6.07) is 2.30. The summed E-state index contributed by atoms with van der Waals surface area (Å²) >= 11 is 0. The van der Waals surface area contributed by atoms with E-state index in [2.05, 4.69) is 9.71 Å². The minimum absolute atomic E-state index is 0.0838. The van der Waals surface area contributed by atoms with Gasteiger partial charge in [-0.15, -0.1) is 0 Å². The number of aromatic nitrogens is 1. The molecule has 0 unspecified atom stereocenters. The molecule has 0 fully saturated rings. The number of nitrogens with zero attached hydrogens (tertiary/aromatic N) is 1. The van der Waals surface area contributed by atoms with Crippen LogP contribution in [0, 0.1) is 0 Å². The van der Waals surface area contributed by atoms with Gasteiger partial charge in [-0.25, -0.2) is 13.1 Å². The fourth-order valence-electron chi connectivity index (χ4n) is 1.49. The quantitative estimate of drug-likeness (QED) is 0.738. The molecule has 0 aliphatic heterocycles. The Balaban J connectivity index is 2.73. The lowest BCUT2D eigenvalue weighted by Gasteiger charge is -2.18. The first kappa shape index (κ1) is 15.4. The fraction of sp³-hybridized carbons (Fsp3) is 0.455. The minimum Gasteiger partial charge on any atom is -0.342 e. The van der Waals surface area contributed by atoms with Crippen molar-refractivity contribution in [2.75, 3.05) is 19.6 Å². The summed E-state index contributed by atoms with van der Waals surface area (Å²) in [5.74, 6) is -0.294. The molecule has 1 amide bonds. The standard InChI is InChI=1S/C11H17N3O4S/c1-3-14(4-2)11(16)8-13-19(17,18)9-5-6-10(15)12-7-9/h5-7,13H,3-4,8H2,1-2H3,(H,12,15). The molecule has 1 rings (SSSR count). The minimum atomic E-state index is -3.79. The van der Waals surface area contributed by atoms with E-state index in [9.17, 15) is 18.0 Å². The van der Waals surface area contributed by atoms with Crippen molar-refractivity contribution in [2.45, 2.75) is 18.7 Å². The zero-order valence-electron chi connectivity index (χ0n) is 10.8. The highest BCUT2D eigenvalue weighted by Gasteiger charge is 2.17. The molecule has 106 valence electrons. The Labute approximate surface area is 111 Å². The number of rotatable bonds is 6. The highest BCUT2D eigenvalue weighted by Crippen LogP contribution is 2.03. The van der Waals surface area contributed by atoms with Gasteiger partial charge in [-0.2, -0.15) is 0 Å². The van der Waals surface area contributed by atoms with Gasteiger partial charge in [0, 0.05) is 25.4 Å². The molecule has 0 aromatic carbocycles. The highest BCUT2D eigenvalue weighted by atomic mass is 32.2. The maximum atomic E-state index is 11.8. The lowest BCUT2D eigenvalue weighted by atomic mass is 10.4. The van der Waals surface area contributed by atoms with Gasteiger partial charge in [0.05, 0.1) is 11.4 Å². The van der Waals surface area contributed by atoms with Crippen LogP contribution < -0.4 is 10.3 Å². The van der Waals surface area contributed by atoms with Gasteiger partial charge in [-0.05, 0) is 19.9 Å². The van der Waals surface area contributed by atoms with Gasteiger partial charge in [0.1, 0.15) is 0 Å². The predicted octanol–water partition coefficient (Wildman–Crippen LogP) is -0.478. The molecule has 19 heavy (non-hydrogen) atoms. The van der Waals surface area contributed by atoms with E-state index in [4.69, 9.17) is 0 Å². The maximum Gasteiger partial charge on any atom is 0.247 e. The second kappa shape index (κ2) is 6.48. The Morgan fingerprint density at radius 2 is 1.95 bits per heavy atom. The SMILES string of the molecule is CCN(CC)C(=O)CNS(=O)(=O)c1ccc(=O)[nH]c1. The molecule has 1 aromatic heterocycles. The number of pyridine rings is 1. The molecule has 0 aliphatic carbocycles. The van der Waals surface area contributed by atoms with Crippen molar-refractivity contribution in [1.29, 1.82) is 0 Å². The first-order valence-electron chi connectivity index (χ1n) is 5.87. The molecule has 1 aromatic rings. The van der Waals surface area contributed by atoms with Crippen LogP contribution in [0.1, 0.15) is 13.8 Å². The van der Waals surface area contributed by atoms with Gasteiger partial charge >= 0.3 is 0 Å². The van der Waals surface area contributed by atoms with Crippen molar-refractivity contribution in [3.8, 4) is 0 Å². The molecule has 0 atom stereocenters. The van der Waals surface area contributed by atoms with Crippen LogP contribution in [0.2, 0.25) is 0 Å². The maximum absolute atomic E-state index is 11.8. The number of sulfonamides is 1. The lowest BCUT2D eigenvalue weighted by Crippen LogP contribution is -2.40. The molecule has 2 N–H and O–H groups in total. The van der Waals surface area contributed by atoms with E-state index < -0.39 is 15.6 Å². The Hall–Kier alpha value is -1.67. The lowest BCUT2D eigenvalue weighted by molar-refractivity contribution is -0.129. The number of amides is 1. The second-order valence-corrected chi connectivity index (χ2v) is 5.55. The molecule has 0 saturated heterocycles.